The van der Waals surface area contributed by atoms with Gasteiger partial charge in [-0.1, -0.05) is 53.6 Å². The van der Waals surface area contributed by atoms with Crippen molar-refractivity contribution in [3.05, 3.63) is 88.4 Å². The van der Waals surface area contributed by atoms with E-state index in [4.69, 9.17) is 16.3 Å². The van der Waals surface area contributed by atoms with Gasteiger partial charge < -0.3 is 10.1 Å². The standard InChI is InChI=1S/C26H29ClN2O4S/c1-19-10-13-22(14-11-19)34(31,32)29(24-17-20(2)12-15-25(24)33-3)18-26(30)28-16-6-8-21-7-4-5-9-23(21)27/h4-5,7,9-15,17H,6,8,16,18H2,1-3H3,(H,28,30). The van der Waals surface area contributed by atoms with Crippen molar-refractivity contribution in [3.63, 3.8) is 0 Å². The fourth-order valence-electron chi connectivity index (χ4n) is 3.53. The van der Waals surface area contributed by atoms with Crippen LogP contribution in [0.25, 0.3) is 0 Å². The number of ether oxygens (including phenoxy) is 1. The summed E-state index contributed by atoms with van der Waals surface area (Å²) < 4.78 is 33.7. The van der Waals surface area contributed by atoms with Gasteiger partial charge in [0.1, 0.15) is 12.3 Å². The lowest BCUT2D eigenvalue weighted by atomic mass is 10.1. The Hall–Kier alpha value is -3.03. The summed E-state index contributed by atoms with van der Waals surface area (Å²) in [4.78, 5) is 12.9. The van der Waals surface area contributed by atoms with Crippen molar-refractivity contribution in [1.82, 2.24) is 5.32 Å². The molecule has 0 aliphatic rings. The molecule has 0 atom stereocenters. The molecule has 3 aromatic rings. The van der Waals surface area contributed by atoms with E-state index in [-0.39, 0.29) is 11.4 Å². The molecule has 8 heteroatoms. The second-order valence-corrected chi connectivity index (χ2v) is 10.3. The Morgan fingerprint density at radius 2 is 1.68 bits per heavy atom. The van der Waals surface area contributed by atoms with Gasteiger partial charge >= 0.3 is 0 Å². The van der Waals surface area contributed by atoms with Crippen molar-refractivity contribution in [2.24, 2.45) is 0 Å². The number of aryl methyl sites for hydroxylation is 3. The van der Waals surface area contributed by atoms with E-state index < -0.39 is 15.9 Å². The molecule has 0 unspecified atom stereocenters. The molecule has 0 aliphatic heterocycles. The summed E-state index contributed by atoms with van der Waals surface area (Å²) in [6.45, 7) is 3.76. The molecule has 0 spiro atoms. The van der Waals surface area contributed by atoms with E-state index in [9.17, 15) is 13.2 Å². The summed E-state index contributed by atoms with van der Waals surface area (Å²) in [7, 11) is -2.55. The highest BCUT2D eigenvalue weighted by atomic mass is 35.5. The SMILES string of the molecule is COc1ccc(C)cc1N(CC(=O)NCCCc1ccccc1Cl)S(=O)(=O)c1ccc(C)cc1. The van der Waals surface area contributed by atoms with Gasteiger partial charge in [-0.25, -0.2) is 8.42 Å². The number of halogens is 1. The third-order valence-electron chi connectivity index (χ3n) is 5.40. The van der Waals surface area contributed by atoms with E-state index in [1.165, 1.54) is 7.11 Å². The van der Waals surface area contributed by atoms with Crippen molar-refractivity contribution in [2.45, 2.75) is 31.6 Å². The first-order valence-corrected chi connectivity index (χ1v) is 12.8. The zero-order chi connectivity index (χ0) is 24.7. The van der Waals surface area contributed by atoms with Crippen LogP contribution < -0.4 is 14.4 Å². The molecule has 1 amide bonds. The minimum Gasteiger partial charge on any atom is -0.495 e. The summed E-state index contributed by atoms with van der Waals surface area (Å²) in [6, 6.07) is 19.3. The second kappa shape index (κ2) is 11.4. The predicted octanol–water partition coefficient (Wildman–Crippen LogP) is 4.91. The van der Waals surface area contributed by atoms with Gasteiger partial charge in [-0.05, 0) is 68.1 Å². The Morgan fingerprint density at radius 3 is 2.35 bits per heavy atom. The third kappa shape index (κ3) is 6.30. The number of hydrogen-bond donors (Lipinski definition) is 1. The second-order valence-electron chi connectivity index (χ2n) is 8.04. The van der Waals surface area contributed by atoms with E-state index in [0.29, 0.717) is 35.8 Å². The minimum absolute atomic E-state index is 0.105. The molecule has 0 saturated heterocycles. The van der Waals surface area contributed by atoms with Gasteiger partial charge in [0.2, 0.25) is 5.91 Å². The highest BCUT2D eigenvalue weighted by Crippen LogP contribution is 2.33. The van der Waals surface area contributed by atoms with Gasteiger partial charge in [0.25, 0.3) is 10.0 Å². The normalized spacial score (nSPS) is 11.2. The molecular formula is C26H29ClN2O4S. The van der Waals surface area contributed by atoms with Gasteiger partial charge in [0, 0.05) is 11.6 Å². The molecule has 180 valence electrons. The van der Waals surface area contributed by atoms with Crippen LogP contribution in [0.1, 0.15) is 23.1 Å². The number of carbonyl (C=O) groups excluding carboxylic acids is 1. The first-order chi connectivity index (χ1) is 16.2. The monoisotopic (exact) mass is 500 g/mol. The number of sulfonamides is 1. The quantitative estimate of drug-likeness (QED) is 0.401. The topological polar surface area (TPSA) is 75.7 Å². The van der Waals surface area contributed by atoms with Gasteiger partial charge in [0.15, 0.2) is 0 Å². The molecule has 3 aromatic carbocycles. The Balaban J connectivity index is 1.80. The zero-order valence-corrected chi connectivity index (χ0v) is 21.1. The smallest absolute Gasteiger partial charge is 0.264 e. The van der Waals surface area contributed by atoms with E-state index in [1.54, 1.807) is 36.4 Å². The van der Waals surface area contributed by atoms with E-state index in [0.717, 1.165) is 21.0 Å². The predicted molar refractivity (Wildman–Crippen MR) is 136 cm³/mol. The van der Waals surface area contributed by atoms with Crippen LogP contribution in [0.2, 0.25) is 5.02 Å². The average molecular weight is 501 g/mol. The van der Waals surface area contributed by atoms with Gasteiger partial charge in [-0.15, -0.1) is 0 Å². The van der Waals surface area contributed by atoms with Crippen LogP contribution in [0.3, 0.4) is 0 Å². The maximum atomic E-state index is 13.6. The van der Waals surface area contributed by atoms with E-state index >= 15 is 0 Å². The maximum Gasteiger partial charge on any atom is 0.264 e. The fourth-order valence-corrected chi connectivity index (χ4v) is 5.18. The van der Waals surface area contributed by atoms with Crippen LogP contribution in [-0.2, 0) is 21.2 Å². The summed E-state index contributed by atoms with van der Waals surface area (Å²) in [5, 5.41) is 3.52. The van der Waals surface area contributed by atoms with E-state index in [2.05, 4.69) is 5.32 Å². The van der Waals surface area contributed by atoms with Crippen LogP contribution in [-0.4, -0.2) is 34.5 Å². The van der Waals surface area contributed by atoms with E-state index in [1.807, 2.05) is 44.2 Å². The first-order valence-electron chi connectivity index (χ1n) is 11.0. The summed E-state index contributed by atoms with van der Waals surface area (Å²) in [5.74, 6) is -0.0359. The van der Waals surface area contributed by atoms with Gasteiger partial charge in [-0.3, -0.25) is 9.10 Å². The van der Waals surface area contributed by atoms with Crippen molar-refractivity contribution in [1.29, 1.82) is 0 Å². The molecule has 34 heavy (non-hydrogen) atoms. The van der Waals surface area contributed by atoms with Crippen LogP contribution in [0.5, 0.6) is 5.75 Å². The molecule has 0 aliphatic carbocycles. The van der Waals surface area contributed by atoms with Crippen molar-refractivity contribution >= 4 is 33.2 Å². The number of anilines is 1. The minimum atomic E-state index is -4.02. The number of benzene rings is 3. The largest absolute Gasteiger partial charge is 0.495 e. The molecule has 6 nitrogen and oxygen atoms in total. The number of hydrogen-bond acceptors (Lipinski definition) is 4. The number of nitrogens with one attached hydrogen (secondary N) is 1. The lowest BCUT2D eigenvalue weighted by Gasteiger charge is -2.26. The number of methoxy groups -OCH3 is 1. The Bertz CT molecular complexity index is 1240. The molecule has 1 N–H and O–H groups in total. The molecule has 0 aromatic heterocycles. The third-order valence-corrected chi connectivity index (χ3v) is 7.54. The summed E-state index contributed by atoms with van der Waals surface area (Å²) in [5.41, 5.74) is 3.11. The highest BCUT2D eigenvalue weighted by molar-refractivity contribution is 7.92. The lowest BCUT2D eigenvalue weighted by molar-refractivity contribution is -0.119. The summed E-state index contributed by atoms with van der Waals surface area (Å²) >= 11 is 6.19. The molecule has 3 rings (SSSR count). The fraction of sp³-hybridized carbons (Fsp3) is 0.269. The van der Waals surface area contributed by atoms with Gasteiger partial charge in [0.05, 0.1) is 17.7 Å². The molecular weight excluding hydrogens is 472 g/mol. The zero-order valence-electron chi connectivity index (χ0n) is 19.5. The van der Waals surface area contributed by atoms with Crippen LogP contribution in [0.4, 0.5) is 5.69 Å². The Labute approximate surface area is 206 Å². The lowest BCUT2D eigenvalue weighted by Crippen LogP contribution is -2.41. The van der Waals surface area contributed by atoms with Crippen LogP contribution in [0, 0.1) is 13.8 Å². The number of amides is 1. The van der Waals surface area contributed by atoms with Crippen molar-refractivity contribution in [3.8, 4) is 5.75 Å². The van der Waals surface area contributed by atoms with Crippen molar-refractivity contribution < 1.29 is 17.9 Å². The highest BCUT2D eigenvalue weighted by Gasteiger charge is 2.29. The molecule has 0 bridgehead atoms. The molecule has 0 fully saturated rings. The van der Waals surface area contributed by atoms with Crippen LogP contribution >= 0.6 is 11.6 Å². The number of nitrogens with zero attached hydrogens (tertiary/aromatic N) is 1. The Morgan fingerprint density at radius 1 is 1.00 bits per heavy atom. The average Bonchev–Trinajstić information content (AvgIpc) is 2.81. The molecule has 0 radical (unpaired) electrons. The first kappa shape index (κ1) is 25.6. The Kier molecular flexibility index (Phi) is 8.58. The molecule has 0 heterocycles. The van der Waals surface area contributed by atoms with Crippen LogP contribution in [0.15, 0.2) is 71.6 Å². The maximum absolute atomic E-state index is 13.6. The molecule has 0 saturated carbocycles. The summed E-state index contributed by atoms with van der Waals surface area (Å²) in [6.07, 6.45) is 1.38. The number of rotatable bonds is 10. The van der Waals surface area contributed by atoms with Gasteiger partial charge in [-0.2, -0.15) is 0 Å². The number of carbonyl (C=O) groups is 1. The van der Waals surface area contributed by atoms with Crippen molar-refractivity contribution in [2.75, 3.05) is 24.5 Å².